The van der Waals surface area contributed by atoms with Crippen molar-refractivity contribution in [3.8, 4) is 0 Å². The molecule has 0 atom stereocenters. The number of hydrogen-bond acceptors (Lipinski definition) is 4. The van der Waals surface area contributed by atoms with Gasteiger partial charge in [-0.1, -0.05) is 39.0 Å². The van der Waals surface area contributed by atoms with E-state index < -0.39 is 24.4 Å². The first kappa shape index (κ1) is 20.4. The number of imide groups is 1. The minimum atomic E-state index is -0.669. The molecule has 5 heteroatoms. The van der Waals surface area contributed by atoms with Crippen molar-refractivity contribution in [1.82, 2.24) is 5.32 Å². The van der Waals surface area contributed by atoms with Gasteiger partial charge in [0.2, 0.25) is 0 Å². The predicted molar refractivity (Wildman–Crippen MR) is 104 cm³/mol. The van der Waals surface area contributed by atoms with Crippen LogP contribution >= 0.6 is 0 Å². The first-order chi connectivity index (χ1) is 12.6. The van der Waals surface area contributed by atoms with Gasteiger partial charge >= 0.3 is 5.97 Å². The fraction of sp³-hybridized carbons (Fsp3) is 0.318. The summed E-state index contributed by atoms with van der Waals surface area (Å²) in [7, 11) is 0. The molecule has 2 amide bonds. The van der Waals surface area contributed by atoms with Gasteiger partial charge in [0, 0.05) is 5.56 Å². The van der Waals surface area contributed by atoms with Crippen LogP contribution in [0.4, 0.5) is 0 Å². The summed E-state index contributed by atoms with van der Waals surface area (Å²) in [5.74, 6) is -1.80. The predicted octanol–water partition coefficient (Wildman–Crippen LogP) is 3.71. The summed E-state index contributed by atoms with van der Waals surface area (Å²) in [6.07, 6.45) is 0. The molecule has 0 aromatic heterocycles. The number of amides is 2. The number of ether oxygens (including phenoxy) is 1. The summed E-state index contributed by atoms with van der Waals surface area (Å²) in [4.78, 5) is 36.1. The van der Waals surface area contributed by atoms with E-state index in [0.29, 0.717) is 11.1 Å². The first-order valence-corrected chi connectivity index (χ1v) is 8.77. The minimum Gasteiger partial charge on any atom is -0.452 e. The van der Waals surface area contributed by atoms with E-state index in [2.05, 4.69) is 26.1 Å². The van der Waals surface area contributed by atoms with Crippen molar-refractivity contribution in [2.75, 3.05) is 6.61 Å². The largest absolute Gasteiger partial charge is 0.452 e. The Kier molecular flexibility index (Phi) is 6.16. The Hall–Kier alpha value is -2.95. The van der Waals surface area contributed by atoms with Crippen molar-refractivity contribution in [2.24, 2.45) is 0 Å². The standard InChI is InChI=1S/C22H25NO4/c1-14-6-7-17(12-15(14)2)21(26)27-13-19(24)23-20(25)16-8-10-18(11-9-16)22(3,4)5/h6-12H,13H2,1-5H3,(H,23,24,25). The molecular formula is C22H25NO4. The summed E-state index contributed by atoms with van der Waals surface area (Å²) in [5.41, 5.74) is 3.84. The van der Waals surface area contributed by atoms with Crippen LogP contribution in [-0.4, -0.2) is 24.4 Å². The highest BCUT2D eigenvalue weighted by Crippen LogP contribution is 2.22. The molecule has 0 saturated carbocycles. The number of carbonyl (C=O) groups excluding carboxylic acids is 3. The van der Waals surface area contributed by atoms with Crippen LogP contribution in [0.25, 0.3) is 0 Å². The third kappa shape index (κ3) is 5.51. The van der Waals surface area contributed by atoms with E-state index in [4.69, 9.17) is 4.74 Å². The van der Waals surface area contributed by atoms with E-state index in [0.717, 1.165) is 16.7 Å². The van der Waals surface area contributed by atoms with Crippen molar-refractivity contribution in [3.63, 3.8) is 0 Å². The second-order valence-corrected chi connectivity index (χ2v) is 7.58. The summed E-state index contributed by atoms with van der Waals surface area (Å²) < 4.78 is 4.98. The molecule has 142 valence electrons. The topological polar surface area (TPSA) is 72.5 Å². The van der Waals surface area contributed by atoms with Gasteiger partial charge < -0.3 is 4.74 Å². The van der Waals surface area contributed by atoms with Gasteiger partial charge in [0.1, 0.15) is 0 Å². The van der Waals surface area contributed by atoms with E-state index in [1.54, 1.807) is 24.3 Å². The molecule has 0 aliphatic rings. The second kappa shape index (κ2) is 8.16. The van der Waals surface area contributed by atoms with Gasteiger partial charge in [-0.2, -0.15) is 0 Å². The third-order valence-corrected chi connectivity index (χ3v) is 4.34. The van der Waals surface area contributed by atoms with E-state index in [-0.39, 0.29) is 5.41 Å². The molecule has 1 N–H and O–H groups in total. The van der Waals surface area contributed by atoms with Gasteiger partial charge in [-0.15, -0.1) is 0 Å². The zero-order chi connectivity index (χ0) is 20.2. The van der Waals surface area contributed by atoms with Crippen molar-refractivity contribution in [2.45, 2.75) is 40.0 Å². The quantitative estimate of drug-likeness (QED) is 0.836. The lowest BCUT2D eigenvalue weighted by atomic mass is 9.87. The normalized spacial score (nSPS) is 11.0. The van der Waals surface area contributed by atoms with Crippen LogP contribution in [0, 0.1) is 13.8 Å². The highest BCUT2D eigenvalue weighted by molar-refractivity contribution is 6.05. The highest BCUT2D eigenvalue weighted by Gasteiger charge is 2.16. The van der Waals surface area contributed by atoms with E-state index in [9.17, 15) is 14.4 Å². The Morgan fingerprint density at radius 3 is 2.04 bits per heavy atom. The fourth-order valence-corrected chi connectivity index (χ4v) is 2.44. The SMILES string of the molecule is Cc1ccc(C(=O)OCC(=O)NC(=O)c2ccc(C(C)(C)C)cc2)cc1C. The molecule has 2 aromatic rings. The van der Waals surface area contributed by atoms with Crippen molar-refractivity contribution in [3.05, 3.63) is 70.3 Å². The zero-order valence-corrected chi connectivity index (χ0v) is 16.4. The van der Waals surface area contributed by atoms with Crippen molar-refractivity contribution in [1.29, 1.82) is 0 Å². The van der Waals surface area contributed by atoms with Gasteiger partial charge in [0.15, 0.2) is 6.61 Å². The average molecular weight is 367 g/mol. The smallest absolute Gasteiger partial charge is 0.338 e. The molecule has 0 saturated heterocycles. The second-order valence-electron chi connectivity index (χ2n) is 7.58. The Balaban J connectivity index is 1.90. The molecular weight excluding hydrogens is 342 g/mol. The molecule has 0 radical (unpaired) electrons. The molecule has 0 aliphatic carbocycles. The molecule has 0 aliphatic heterocycles. The first-order valence-electron chi connectivity index (χ1n) is 8.77. The molecule has 27 heavy (non-hydrogen) atoms. The maximum Gasteiger partial charge on any atom is 0.338 e. The maximum absolute atomic E-state index is 12.1. The van der Waals surface area contributed by atoms with Crippen LogP contribution in [0.2, 0.25) is 0 Å². The Morgan fingerprint density at radius 2 is 1.48 bits per heavy atom. The molecule has 0 heterocycles. The monoisotopic (exact) mass is 367 g/mol. The molecule has 0 fully saturated rings. The van der Waals surface area contributed by atoms with Crippen LogP contribution in [0.15, 0.2) is 42.5 Å². The molecule has 0 spiro atoms. The summed E-state index contributed by atoms with van der Waals surface area (Å²) >= 11 is 0. The summed E-state index contributed by atoms with van der Waals surface area (Å²) in [5, 5.41) is 2.23. The number of nitrogens with one attached hydrogen (secondary N) is 1. The van der Waals surface area contributed by atoms with Crippen LogP contribution in [-0.2, 0) is 14.9 Å². The van der Waals surface area contributed by atoms with Crippen molar-refractivity contribution >= 4 is 17.8 Å². The van der Waals surface area contributed by atoms with Gasteiger partial charge in [0.25, 0.3) is 11.8 Å². The molecule has 2 aromatic carbocycles. The Labute approximate surface area is 159 Å². The van der Waals surface area contributed by atoms with E-state index >= 15 is 0 Å². The molecule has 0 unspecified atom stereocenters. The van der Waals surface area contributed by atoms with Crippen LogP contribution in [0.3, 0.4) is 0 Å². The molecule has 0 bridgehead atoms. The van der Waals surface area contributed by atoms with Gasteiger partial charge in [-0.3, -0.25) is 14.9 Å². The lowest BCUT2D eigenvalue weighted by molar-refractivity contribution is -0.123. The molecule has 2 rings (SSSR count). The van der Waals surface area contributed by atoms with Crippen LogP contribution in [0.5, 0.6) is 0 Å². The number of rotatable bonds is 4. The average Bonchev–Trinajstić information content (AvgIpc) is 2.61. The number of carbonyl (C=O) groups is 3. The third-order valence-electron chi connectivity index (χ3n) is 4.34. The summed E-state index contributed by atoms with van der Waals surface area (Å²) in [6.45, 7) is 9.55. The Morgan fingerprint density at radius 1 is 0.889 bits per heavy atom. The summed E-state index contributed by atoms with van der Waals surface area (Å²) in [6, 6.07) is 12.2. The maximum atomic E-state index is 12.1. The highest BCUT2D eigenvalue weighted by atomic mass is 16.5. The van der Waals surface area contributed by atoms with Gasteiger partial charge in [0.05, 0.1) is 5.56 Å². The lowest BCUT2D eigenvalue weighted by Gasteiger charge is -2.19. The number of hydrogen-bond donors (Lipinski definition) is 1. The fourth-order valence-electron chi connectivity index (χ4n) is 2.44. The number of benzene rings is 2. The van der Waals surface area contributed by atoms with Gasteiger partial charge in [-0.25, -0.2) is 4.79 Å². The van der Waals surface area contributed by atoms with Gasteiger partial charge in [-0.05, 0) is 60.2 Å². The van der Waals surface area contributed by atoms with Crippen molar-refractivity contribution < 1.29 is 19.1 Å². The minimum absolute atomic E-state index is 0.0205. The molecule has 5 nitrogen and oxygen atoms in total. The zero-order valence-electron chi connectivity index (χ0n) is 16.4. The van der Waals surface area contributed by atoms with E-state index in [1.807, 2.05) is 32.0 Å². The Bertz CT molecular complexity index is 861. The van der Waals surface area contributed by atoms with Crippen LogP contribution in [0.1, 0.15) is 58.2 Å². The number of aryl methyl sites for hydroxylation is 2. The van der Waals surface area contributed by atoms with E-state index in [1.165, 1.54) is 0 Å². The number of esters is 1. The lowest BCUT2D eigenvalue weighted by Crippen LogP contribution is -2.34. The van der Waals surface area contributed by atoms with Crippen LogP contribution < -0.4 is 5.32 Å².